The van der Waals surface area contributed by atoms with Crippen molar-refractivity contribution in [2.24, 2.45) is 5.41 Å². The fraction of sp³-hybridized carbons (Fsp3) is 0.429. The van der Waals surface area contributed by atoms with Gasteiger partial charge in [-0.05, 0) is 45.2 Å². The van der Waals surface area contributed by atoms with Crippen LogP contribution in [0.3, 0.4) is 0 Å². The van der Waals surface area contributed by atoms with Crippen LogP contribution in [0.25, 0.3) is 10.4 Å². The van der Waals surface area contributed by atoms with E-state index in [0.717, 1.165) is 23.3 Å². The molecule has 0 radical (unpaired) electrons. The van der Waals surface area contributed by atoms with Crippen LogP contribution in [-0.2, 0) is 9.63 Å². The summed E-state index contributed by atoms with van der Waals surface area (Å²) in [6, 6.07) is 11.6. The van der Waals surface area contributed by atoms with Crippen molar-refractivity contribution in [3.05, 3.63) is 42.0 Å². The van der Waals surface area contributed by atoms with Gasteiger partial charge in [-0.25, -0.2) is 4.79 Å². The average Bonchev–Trinajstić information content (AvgIpc) is 3.04. The van der Waals surface area contributed by atoms with Crippen LogP contribution in [0.4, 0.5) is 5.00 Å². The minimum atomic E-state index is -0.560. The Hall–Kier alpha value is -2.38. The highest BCUT2D eigenvalue weighted by molar-refractivity contribution is 7.19. The first-order valence-electron chi connectivity index (χ1n) is 9.47. The van der Waals surface area contributed by atoms with Crippen LogP contribution < -0.4 is 11.1 Å². The molecule has 150 valence electrons. The number of anilines is 1. The molecule has 1 aliphatic rings. The van der Waals surface area contributed by atoms with E-state index in [2.05, 4.69) is 5.32 Å². The number of nitrogens with zero attached hydrogens (tertiary/aromatic N) is 1. The van der Waals surface area contributed by atoms with Crippen LogP contribution in [0.1, 0.15) is 44.0 Å². The van der Waals surface area contributed by atoms with Gasteiger partial charge in [-0.15, -0.1) is 16.4 Å². The van der Waals surface area contributed by atoms with Crippen molar-refractivity contribution in [1.82, 2.24) is 10.4 Å². The van der Waals surface area contributed by atoms with Crippen molar-refractivity contribution in [2.45, 2.75) is 39.7 Å². The lowest BCUT2D eigenvalue weighted by molar-refractivity contribution is -0.205. The molecule has 1 saturated heterocycles. The Balaban J connectivity index is 1.63. The molecule has 1 aliphatic heterocycles. The number of carbonyl (C=O) groups excluding carboxylic acids is 2. The van der Waals surface area contributed by atoms with Gasteiger partial charge in [-0.2, -0.15) is 0 Å². The van der Waals surface area contributed by atoms with E-state index in [1.807, 2.05) is 57.2 Å². The third-order valence-corrected chi connectivity index (χ3v) is 5.62. The standard InChI is InChI=1S/C21H27N3O3S/c1-21(2,3)20(26)27-24-11-7-10-15(13-24)23-19(25)16-12-17(28-18(16)22)14-8-5-4-6-9-14/h4-6,8-9,12,15H,7,10-11,13,22H2,1-3H3,(H,23,25). The molecule has 0 aliphatic carbocycles. The lowest BCUT2D eigenvalue weighted by Gasteiger charge is -2.33. The topological polar surface area (TPSA) is 84.7 Å². The molecule has 0 saturated carbocycles. The Morgan fingerprint density at radius 3 is 2.64 bits per heavy atom. The van der Waals surface area contributed by atoms with Crippen LogP contribution >= 0.6 is 11.3 Å². The molecule has 1 amide bonds. The summed E-state index contributed by atoms with van der Waals surface area (Å²) in [6.45, 7) is 6.61. The van der Waals surface area contributed by atoms with Crippen LogP contribution in [0.15, 0.2) is 36.4 Å². The highest BCUT2D eigenvalue weighted by atomic mass is 32.1. The van der Waals surface area contributed by atoms with E-state index in [4.69, 9.17) is 10.6 Å². The van der Waals surface area contributed by atoms with Crippen molar-refractivity contribution in [2.75, 3.05) is 18.8 Å². The summed E-state index contributed by atoms with van der Waals surface area (Å²) < 4.78 is 0. The molecule has 28 heavy (non-hydrogen) atoms. The minimum Gasteiger partial charge on any atom is -0.390 e. The molecular weight excluding hydrogens is 374 g/mol. The second-order valence-electron chi connectivity index (χ2n) is 8.08. The molecule has 3 rings (SSSR count). The first-order valence-corrected chi connectivity index (χ1v) is 10.3. The molecule has 0 bridgehead atoms. The summed E-state index contributed by atoms with van der Waals surface area (Å²) in [5.41, 5.74) is 7.07. The molecule has 2 aromatic rings. The van der Waals surface area contributed by atoms with Gasteiger partial charge in [-0.1, -0.05) is 30.3 Å². The van der Waals surface area contributed by atoms with Gasteiger partial charge in [0.2, 0.25) is 0 Å². The fourth-order valence-corrected chi connectivity index (χ4v) is 3.92. The number of nitrogen functional groups attached to an aromatic ring is 1. The summed E-state index contributed by atoms with van der Waals surface area (Å²) >= 11 is 1.41. The predicted molar refractivity (Wildman–Crippen MR) is 112 cm³/mol. The van der Waals surface area contributed by atoms with E-state index in [1.165, 1.54) is 11.3 Å². The molecule has 1 unspecified atom stereocenters. The molecule has 1 aromatic heterocycles. The Labute approximate surface area is 169 Å². The van der Waals surface area contributed by atoms with Gasteiger partial charge in [0, 0.05) is 17.5 Å². The van der Waals surface area contributed by atoms with Crippen molar-refractivity contribution < 1.29 is 14.4 Å². The van der Waals surface area contributed by atoms with E-state index >= 15 is 0 Å². The highest BCUT2D eigenvalue weighted by Gasteiger charge is 2.30. The van der Waals surface area contributed by atoms with E-state index in [1.54, 1.807) is 5.06 Å². The maximum Gasteiger partial charge on any atom is 0.330 e. The van der Waals surface area contributed by atoms with Gasteiger partial charge < -0.3 is 15.9 Å². The van der Waals surface area contributed by atoms with Crippen LogP contribution in [0.5, 0.6) is 0 Å². The molecule has 7 heteroatoms. The summed E-state index contributed by atoms with van der Waals surface area (Å²) in [5.74, 6) is -0.459. The Morgan fingerprint density at radius 2 is 1.96 bits per heavy atom. The van der Waals surface area contributed by atoms with E-state index in [-0.39, 0.29) is 17.9 Å². The van der Waals surface area contributed by atoms with Crippen LogP contribution in [0.2, 0.25) is 0 Å². The van der Waals surface area contributed by atoms with Crippen molar-refractivity contribution in [3.8, 4) is 10.4 Å². The SMILES string of the molecule is CC(C)(C)C(=O)ON1CCCC(NC(=O)c2cc(-c3ccccc3)sc2N)C1. The van der Waals surface area contributed by atoms with Gasteiger partial charge >= 0.3 is 5.97 Å². The summed E-state index contributed by atoms with van der Waals surface area (Å²) in [7, 11) is 0. The third-order valence-electron chi connectivity index (χ3n) is 4.61. The molecule has 0 spiro atoms. The van der Waals surface area contributed by atoms with Gasteiger partial charge in [-0.3, -0.25) is 4.79 Å². The maximum absolute atomic E-state index is 12.8. The van der Waals surface area contributed by atoms with Gasteiger partial charge in [0.25, 0.3) is 5.91 Å². The van der Waals surface area contributed by atoms with Crippen molar-refractivity contribution in [3.63, 3.8) is 0 Å². The summed E-state index contributed by atoms with van der Waals surface area (Å²) in [5, 5.41) is 5.19. The average molecular weight is 402 g/mol. The Kier molecular flexibility index (Phi) is 6.05. The zero-order valence-electron chi connectivity index (χ0n) is 16.5. The highest BCUT2D eigenvalue weighted by Crippen LogP contribution is 2.33. The number of nitrogens with two attached hydrogens (primary N) is 1. The first-order chi connectivity index (χ1) is 13.2. The molecule has 1 atom stereocenters. The molecular formula is C21H27N3O3S. The fourth-order valence-electron chi connectivity index (χ4n) is 2.99. The van der Waals surface area contributed by atoms with Crippen LogP contribution in [0, 0.1) is 5.41 Å². The van der Waals surface area contributed by atoms with Gasteiger partial charge in [0.15, 0.2) is 0 Å². The molecule has 1 fully saturated rings. The lowest BCUT2D eigenvalue weighted by Crippen LogP contribution is -2.49. The number of hydrogen-bond acceptors (Lipinski definition) is 6. The van der Waals surface area contributed by atoms with Crippen molar-refractivity contribution >= 4 is 28.2 Å². The predicted octanol–water partition coefficient (Wildman–Crippen LogP) is 3.70. The number of rotatable bonds is 4. The number of benzene rings is 1. The zero-order valence-corrected chi connectivity index (χ0v) is 17.3. The Bertz CT molecular complexity index is 842. The van der Waals surface area contributed by atoms with E-state index in [0.29, 0.717) is 23.7 Å². The number of amides is 1. The second-order valence-corrected chi connectivity index (χ2v) is 9.17. The normalized spacial score (nSPS) is 17.9. The Morgan fingerprint density at radius 1 is 1.25 bits per heavy atom. The second kappa shape index (κ2) is 8.32. The molecule has 3 N–H and O–H groups in total. The monoisotopic (exact) mass is 401 g/mol. The van der Waals surface area contributed by atoms with Gasteiger partial charge in [0.05, 0.1) is 22.5 Å². The smallest absolute Gasteiger partial charge is 0.330 e. The number of hydrogen-bond donors (Lipinski definition) is 2. The van der Waals surface area contributed by atoms with Gasteiger partial charge in [0.1, 0.15) is 0 Å². The molecule has 1 aromatic carbocycles. The van der Waals surface area contributed by atoms with Crippen molar-refractivity contribution in [1.29, 1.82) is 0 Å². The number of nitrogens with one attached hydrogen (secondary N) is 1. The van der Waals surface area contributed by atoms with E-state index < -0.39 is 5.41 Å². The number of piperidine rings is 1. The van der Waals surface area contributed by atoms with E-state index in [9.17, 15) is 9.59 Å². The quantitative estimate of drug-likeness (QED) is 0.816. The number of carbonyl (C=O) groups is 2. The first kappa shape index (κ1) is 20.4. The minimum absolute atomic E-state index is 0.0894. The number of thiophene rings is 1. The largest absolute Gasteiger partial charge is 0.390 e. The zero-order chi connectivity index (χ0) is 20.3. The molecule has 2 heterocycles. The summed E-state index contributed by atoms with van der Waals surface area (Å²) in [4.78, 5) is 31.3. The third kappa shape index (κ3) is 4.91. The number of hydroxylamine groups is 2. The maximum atomic E-state index is 12.8. The van der Waals surface area contributed by atoms with Crippen LogP contribution in [-0.4, -0.2) is 36.1 Å². The lowest BCUT2D eigenvalue weighted by atomic mass is 9.98. The summed E-state index contributed by atoms with van der Waals surface area (Å²) in [6.07, 6.45) is 1.68. The molecule has 6 nitrogen and oxygen atoms in total.